The fourth-order valence-corrected chi connectivity index (χ4v) is 4.11. The molecule has 2 aromatic rings. The van der Waals surface area contributed by atoms with Gasteiger partial charge in [-0.2, -0.15) is 0 Å². The summed E-state index contributed by atoms with van der Waals surface area (Å²) in [6.07, 6.45) is 1.87. The zero-order valence-corrected chi connectivity index (χ0v) is 17.3. The molecule has 0 radical (unpaired) electrons. The average molecular weight is 412 g/mol. The normalized spacial score (nSPS) is 13.8. The Morgan fingerprint density at radius 3 is 2.19 bits per heavy atom. The monoisotopic (exact) mass is 411 g/mol. The van der Waals surface area contributed by atoms with Crippen LogP contribution in [0.1, 0.15) is 31.9 Å². The van der Waals surface area contributed by atoms with E-state index in [1.165, 1.54) is 18.0 Å². The number of carbonyl (C=O) groups is 1. The number of sulfone groups is 1. The maximum atomic E-state index is 12.6. The average Bonchev–Trinajstić information content (AvgIpc) is 2.60. The molecule has 2 atom stereocenters. The van der Waals surface area contributed by atoms with Crippen molar-refractivity contribution < 1.29 is 13.2 Å². The molecule has 1 amide bonds. The highest BCUT2D eigenvalue weighted by molar-refractivity contribution is 8.00. The minimum absolute atomic E-state index is 0.0489. The van der Waals surface area contributed by atoms with Crippen molar-refractivity contribution in [1.82, 2.24) is 5.32 Å². The minimum atomic E-state index is -3.22. The van der Waals surface area contributed by atoms with Crippen LogP contribution in [-0.2, 0) is 14.6 Å². The van der Waals surface area contributed by atoms with Crippen LogP contribution >= 0.6 is 23.4 Å². The third kappa shape index (κ3) is 5.76. The van der Waals surface area contributed by atoms with Crippen molar-refractivity contribution in [2.75, 3.05) is 6.26 Å². The molecule has 2 aromatic carbocycles. The topological polar surface area (TPSA) is 63.2 Å². The molecule has 4 nitrogen and oxygen atoms in total. The predicted molar refractivity (Wildman–Crippen MR) is 107 cm³/mol. The first-order valence-corrected chi connectivity index (χ1v) is 11.4. The molecule has 1 N–H and O–H groups in total. The molecule has 0 saturated heterocycles. The number of nitrogens with one attached hydrogen (secondary N) is 1. The van der Waals surface area contributed by atoms with E-state index < -0.39 is 9.84 Å². The molecule has 0 saturated carbocycles. The van der Waals surface area contributed by atoms with Crippen molar-refractivity contribution in [3.8, 4) is 0 Å². The maximum Gasteiger partial charge on any atom is 0.233 e. The van der Waals surface area contributed by atoms with Gasteiger partial charge in [-0.1, -0.05) is 30.7 Å². The van der Waals surface area contributed by atoms with Crippen LogP contribution in [0, 0.1) is 0 Å². The number of thioether (sulfide) groups is 1. The fourth-order valence-electron chi connectivity index (χ4n) is 2.39. The molecule has 0 aromatic heterocycles. The highest BCUT2D eigenvalue weighted by Gasteiger charge is 2.20. The van der Waals surface area contributed by atoms with Gasteiger partial charge in [-0.05, 0) is 55.3 Å². The number of benzene rings is 2. The summed E-state index contributed by atoms with van der Waals surface area (Å²) in [6.45, 7) is 3.85. The van der Waals surface area contributed by atoms with Gasteiger partial charge in [0.05, 0.1) is 16.2 Å². The molecule has 140 valence electrons. The molecule has 0 heterocycles. The van der Waals surface area contributed by atoms with Gasteiger partial charge in [0, 0.05) is 16.2 Å². The summed E-state index contributed by atoms with van der Waals surface area (Å²) in [6, 6.07) is 13.8. The summed E-state index contributed by atoms with van der Waals surface area (Å²) in [4.78, 5) is 13.9. The number of carbonyl (C=O) groups excluding carboxylic acids is 1. The quantitative estimate of drug-likeness (QED) is 0.681. The molecule has 7 heteroatoms. The van der Waals surface area contributed by atoms with E-state index in [-0.39, 0.29) is 22.1 Å². The van der Waals surface area contributed by atoms with Gasteiger partial charge in [0.1, 0.15) is 0 Å². The van der Waals surface area contributed by atoms with Crippen LogP contribution in [0.3, 0.4) is 0 Å². The zero-order valence-electron chi connectivity index (χ0n) is 14.9. The molecule has 0 aliphatic heterocycles. The lowest BCUT2D eigenvalue weighted by Gasteiger charge is -2.19. The van der Waals surface area contributed by atoms with Gasteiger partial charge in [-0.25, -0.2) is 8.42 Å². The number of hydrogen-bond donors (Lipinski definition) is 1. The molecule has 0 unspecified atom stereocenters. The lowest BCUT2D eigenvalue weighted by molar-refractivity contribution is -0.121. The van der Waals surface area contributed by atoms with Gasteiger partial charge in [-0.15, -0.1) is 11.8 Å². The fraction of sp³-hybridized carbons (Fsp3) is 0.316. The SMILES string of the molecule is CC[C@@H](Sc1ccc(Cl)cc1)C(=O)N[C@H](C)c1ccc(S(C)(=O)=O)cc1. The molecule has 0 bridgehead atoms. The van der Waals surface area contributed by atoms with Crippen molar-refractivity contribution in [2.45, 2.75) is 41.4 Å². The van der Waals surface area contributed by atoms with Gasteiger partial charge in [-0.3, -0.25) is 4.79 Å². The van der Waals surface area contributed by atoms with E-state index in [9.17, 15) is 13.2 Å². The van der Waals surface area contributed by atoms with Crippen LogP contribution < -0.4 is 5.32 Å². The molecule has 26 heavy (non-hydrogen) atoms. The van der Waals surface area contributed by atoms with Crippen LogP contribution in [0.4, 0.5) is 0 Å². The maximum absolute atomic E-state index is 12.6. The number of halogens is 1. The molecule has 0 aliphatic rings. The third-order valence-corrected chi connectivity index (χ3v) is 6.68. The summed E-state index contributed by atoms with van der Waals surface area (Å²) in [5.74, 6) is -0.0489. The van der Waals surface area contributed by atoms with Crippen LogP contribution in [0.25, 0.3) is 0 Å². The van der Waals surface area contributed by atoms with Crippen molar-refractivity contribution in [3.63, 3.8) is 0 Å². The van der Waals surface area contributed by atoms with Crippen molar-refractivity contribution in [3.05, 3.63) is 59.1 Å². The van der Waals surface area contributed by atoms with Gasteiger partial charge in [0.2, 0.25) is 5.91 Å². The second-order valence-electron chi connectivity index (χ2n) is 6.04. The van der Waals surface area contributed by atoms with E-state index in [1.54, 1.807) is 36.4 Å². The van der Waals surface area contributed by atoms with E-state index in [0.717, 1.165) is 10.5 Å². The lowest BCUT2D eigenvalue weighted by atomic mass is 10.1. The highest BCUT2D eigenvalue weighted by atomic mass is 35.5. The van der Waals surface area contributed by atoms with Gasteiger partial charge >= 0.3 is 0 Å². The Kier molecular flexibility index (Phi) is 7.15. The predicted octanol–water partition coefficient (Wildman–Crippen LogP) is 4.49. The van der Waals surface area contributed by atoms with Crippen molar-refractivity contribution in [2.24, 2.45) is 0 Å². The van der Waals surface area contributed by atoms with E-state index in [2.05, 4.69) is 5.32 Å². The number of hydrogen-bond acceptors (Lipinski definition) is 4. The lowest BCUT2D eigenvalue weighted by Crippen LogP contribution is -2.34. The van der Waals surface area contributed by atoms with Crippen molar-refractivity contribution in [1.29, 1.82) is 0 Å². The first kappa shape index (κ1) is 20.8. The van der Waals surface area contributed by atoms with E-state index in [0.29, 0.717) is 11.4 Å². The first-order chi connectivity index (χ1) is 12.2. The van der Waals surface area contributed by atoms with Gasteiger partial charge in [0.25, 0.3) is 0 Å². The van der Waals surface area contributed by atoms with E-state index in [4.69, 9.17) is 11.6 Å². The second kappa shape index (κ2) is 8.93. The van der Waals surface area contributed by atoms with Crippen molar-refractivity contribution >= 4 is 39.1 Å². The van der Waals surface area contributed by atoms with Crippen LogP contribution in [0.5, 0.6) is 0 Å². The Bertz CT molecular complexity index is 849. The third-order valence-electron chi connectivity index (χ3n) is 3.92. The van der Waals surface area contributed by atoms with Crippen LogP contribution in [-0.4, -0.2) is 25.8 Å². The molecular formula is C19H22ClNO3S2. The smallest absolute Gasteiger partial charge is 0.233 e. The molecule has 0 fully saturated rings. The zero-order chi connectivity index (χ0) is 19.3. The first-order valence-electron chi connectivity index (χ1n) is 8.23. The summed E-state index contributed by atoms with van der Waals surface area (Å²) < 4.78 is 23.1. The number of amides is 1. The number of rotatable bonds is 7. The Labute approximate surface area is 164 Å². The second-order valence-corrected chi connectivity index (χ2v) is 9.77. The largest absolute Gasteiger partial charge is 0.349 e. The Morgan fingerprint density at radius 2 is 1.69 bits per heavy atom. The van der Waals surface area contributed by atoms with Gasteiger partial charge < -0.3 is 5.32 Å². The molecular weight excluding hydrogens is 390 g/mol. The standard InChI is InChI=1S/C19H22ClNO3S2/c1-4-18(25-16-9-7-15(20)8-10-16)19(22)21-13(2)14-5-11-17(12-6-14)26(3,23)24/h5-13,18H,4H2,1-3H3,(H,21,22)/t13-,18-/m1/s1. The Balaban J connectivity index is 2.03. The molecule has 0 aliphatic carbocycles. The van der Waals surface area contributed by atoms with E-state index >= 15 is 0 Å². The highest BCUT2D eigenvalue weighted by Crippen LogP contribution is 2.27. The van der Waals surface area contributed by atoms with Crippen LogP contribution in [0.2, 0.25) is 5.02 Å². The summed E-state index contributed by atoms with van der Waals surface area (Å²) in [7, 11) is -3.22. The van der Waals surface area contributed by atoms with E-state index in [1.807, 2.05) is 26.0 Å². The molecule has 2 rings (SSSR count). The molecule has 0 spiro atoms. The Hall–Kier alpha value is -1.50. The van der Waals surface area contributed by atoms with Crippen LogP contribution in [0.15, 0.2) is 58.3 Å². The van der Waals surface area contributed by atoms with Gasteiger partial charge in [0.15, 0.2) is 9.84 Å². The minimum Gasteiger partial charge on any atom is -0.349 e. The summed E-state index contributed by atoms with van der Waals surface area (Å²) >= 11 is 7.39. The Morgan fingerprint density at radius 1 is 1.12 bits per heavy atom. The summed E-state index contributed by atoms with van der Waals surface area (Å²) in [5, 5.41) is 3.45. The summed E-state index contributed by atoms with van der Waals surface area (Å²) in [5.41, 5.74) is 0.858.